The summed E-state index contributed by atoms with van der Waals surface area (Å²) in [5.41, 5.74) is 3.87. The summed E-state index contributed by atoms with van der Waals surface area (Å²) in [6.07, 6.45) is 3.31. The van der Waals surface area contributed by atoms with Gasteiger partial charge in [0.2, 0.25) is 0 Å². The van der Waals surface area contributed by atoms with Gasteiger partial charge in [-0.15, -0.1) is 0 Å². The van der Waals surface area contributed by atoms with E-state index in [1.165, 1.54) is 23.2 Å². The minimum atomic E-state index is 0.774. The maximum absolute atomic E-state index is 5.68. The molecule has 2 nitrogen and oxygen atoms in total. The number of hydrogen-bond donors (Lipinski definition) is 1. The predicted octanol–water partition coefficient (Wildman–Crippen LogP) is 5.04. The minimum Gasteiger partial charge on any atom is -0.494 e. The Morgan fingerprint density at radius 3 is 2.62 bits per heavy atom. The van der Waals surface area contributed by atoms with Gasteiger partial charge in [-0.25, -0.2) is 0 Å². The smallest absolute Gasteiger partial charge is 0.119 e. The number of ether oxygens (including phenoxy) is 1. The van der Waals surface area contributed by atoms with E-state index < -0.39 is 0 Å². The topological polar surface area (TPSA) is 21.3 Å². The van der Waals surface area contributed by atoms with E-state index >= 15 is 0 Å². The highest BCUT2D eigenvalue weighted by molar-refractivity contribution is 5.51. The molecule has 0 amide bonds. The molecule has 0 saturated heterocycles. The number of para-hydroxylation sites is 1. The van der Waals surface area contributed by atoms with Crippen molar-refractivity contribution in [3.8, 4) is 5.75 Å². The van der Waals surface area contributed by atoms with Crippen LogP contribution in [0.15, 0.2) is 48.5 Å². The summed E-state index contributed by atoms with van der Waals surface area (Å²) in [4.78, 5) is 0. The summed E-state index contributed by atoms with van der Waals surface area (Å²) >= 11 is 0. The van der Waals surface area contributed by atoms with E-state index in [2.05, 4.69) is 61.6 Å². The Morgan fingerprint density at radius 1 is 0.952 bits per heavy atom. The van der Waals surface area contributed by atoms with E-state index in [0.29, 0.717) is 0 Å². The highest BCUT2D eigenvalue weighted by Gasteiger charge is 2.01. The standard InChI is InChI=1S/C19H25NO/c1-3-8-17-10-5-6-12-19(17)20-15-16-9-7-11-18(14-16)21-13-4-2/h5-7,9-12,14,20H,3-4,8,13,15H2,1-2H3. The van der Waals surface area contributed by atoms with Crippen molar-refractivity contribution in [2.45, 2.75) is 39.7 Å². The second-order valence-electron chi connectivity index (χ2n) is 5.26. The Bertz CT molecular complexity index is 551. The van der Waals surface area contributed by atoms with Crippen LogP contribution in [0.25, 0.3) is 0 Å². The van der Waals surface area contributed by atoms with Crippen LogP contribution >= 0.6 is 0 Å². The highest BCUT2D eigenvalue weighted by Crippen LogP contribution is 2.19. The zero-order valence-electron chi connectivity index (χ0n) is 13.1. The molecule has 112 valence electrons. The lowest BCUT2D eigenvalue weighted by atomic mass is 10.1. The third-order valence-electron chi connectivity index (χ3n) is 3.39. The van der Waals surface area contributed by atoms with Crippen LogP contribution in [0, 0.1) is 0 Å². The van der Waals surface area contributed by atoms with Gasteiger partial charge in [0, 0.05) is 12.2 Å². The first-order valence-corrected chi connectivity index (χ1v) is 7.87. The molecule has 0 spiro atoms. The molecule has 1 N–H and O–H groups in total. The molecule has 2 rings (SSSR count). The third-order valence-corrected chi connectivity index (χ3v) is 3.39. The van der Waals surface area contributed by atoms with Crippen molar-refractivity contribution < 1.29 is 4.74 Å². The van der Waals surface area contributed by atoms with Gasteiger partial charge in [0.25, 0.3) is 0 Å². The van der Waals surface area contributed by atoms with E-state index in [1.54, 1.807) is 0 Å². The maximum Gasteiger partial charge on any atom is 0.119 e. The summed E-state index contributed by atoms with van der Waals surface area (Å²) in [5, 5.41) is 3.54. The van der Waals surface area contributed by atoms with E-state index in [0.717, 1.165) is 31.7 Å². The van der Waals surface area contributed by atoms with Crippen molar-refractivity contribution in [1.82, 2.24) is 0 Å². The lowest BCUT2D eigenvalue weighted by molar-refractivity contribution is 0.317. The zero-order chi connectivity index (χ0) is 14.9. The molecular formula is C19H25NO. The molecule has 0 aromatic heterocycles. The van der Waals surface area contributed by atoms with Crippen molar-refractivity contribution in [1.29, 1.82) is 0 Å². The van der Waals surface area contributed by atoms with Crippen molar-refractivity contribution in [2.24, 2.45) is 0 Å². The third kappa shape index (κ3) is 4.82. The van der Waals surface area contributed by atoms with Gasteiger partial charge in [-0.2, -0.15) is 0 Å². The lowest BCUT2D eigenvalue weighted by Crippen LogP contribution is -2.03. The van der Waals surface area contributed by atoms with Crippen LogP contribution in [0.2, 0.25) is 0 Å². The number of aryl methyl sites for hydroxylation is 1. The fourth-order valence-corrected chi connectivity index (χ4v) is 2.34. The average Bonchev–Trinajstić information content (AvgIpc) is 2.53. The minimum absolute atomic E-state index is 0.774. The first-order chi connectivity index (χ1) is 10.3. The van der Waals surface area contributed by atoms with Gasteiger partial charge in [0.05, 0.1) is 6.61 Å². The van der Waals surface area contributed by atoms with Crippen molar-refractivity contribution >= 4 is 5.69 Å². The van der Waals surface area contributed by atoms with Gasteiger partial charge in [-0.3, -0.25) is 0 Å². The summed E-state index contributed by atoms with van der Waals surface area (Å²) in [6, 6.07) is 16.9. The lowest BCUT2D eigenvalue weighted by Gasteiger charge is -2.12. The first-order valence-electron chi connectivity index (χ1n) is 7.87. The van der Waals surface area contributed by atoms with Crippen LogP contribution in [0.4, 0.5) is 5.69 Å². The Balaban J connectivity index is 1.99. The number of anilines is 1. The van der Waals surface area contributed by atoms with Gasteiger partial charge >= 0.3 is 0 Å². The van der Waals surface area contributed by atoms with Crippen molar-refractivity contribution in [3.05, 3.63) is 59.7 Å². The van der Waals surface area contributed by atoms with Crippen LogP contribution in [-0.2, 0) is 13.0 Å². The number of rotatable bonds is 8. The van der Waals surface area contributed by atoms with Crippen LogP contribution in [0.1, 0.15) is 37.8 Å². The molecule has 2 aromatic carbocycles. The summed E-state index contributed by atoms with van der Waals surface area (Å²) in [5.74, 6) is 0.956. The van der Waals surface area contributed by atoms with Gasteiger partial charge in [-0.05, 0) is 42.2 Å². The molecule has 21 heavy (non-hydrogen) atoms. The number of benzene rings is 2. The van der Waals surface area contributed by atoms with Crippen LogP contribution in [-0.4, -0.2) is 6.61 Å². The molecule has 0 aliphatic carbocycles. The maximum atomic E-state index is 5.68. The molecular weight excluding hydrogens is 258 g/mol. The van der Waals surface area contributed by atoms with Gasteiger partial charge in [-0.1, -0.05) is 50.6 Å². The molecule has 0 aliphatic heterocycles. The van der Waals surface area contributed by atoms with Crippen LogP contribution in [0.3, 0.4) is 0 Å². The van der Waals surface area contributed by atoms with Crippen LogP contribution in [0.5, 0.6) is 5.75 Å². The number of hydrogen-bond acceptors (Lipinski definition) is 2. The Labute approximate surface area is 128 Å². The van der Waals surface area contributed by atoms with E-state index in [1.807, 2.05) is 6.07 Å². The first kappa shape index (κ1) is 15.4. The molecule has 0 bridgehead atoms. The van der Waals surface area contributed by atoms with E-state index in [4.69, 9.17) is 4.74 Å². The molecule has 0 aliphatic rings. The van der Waals surface area contributed by atoms with Crippen LogP contribution < -0.4 is 10.1 Å². The monoisotopic (exact) mass is 283 g/mol. The second-order valence-corrected chi connectivity index (χ2v) is 5.26. The molecule has 0 saturated carbocycles. The highest BCUT2D eigenvalue weighted by atomic mass is 16.5. The Morgan fingerprint density at radius 2 is 1.81 bits per heavy atom. The van der Waals surface area contributed by atoms with E-state index in [-0.39, 0.29) is 0 Å². The Kier molecular flexibility index (Phi) is 6.14. The summed E-state index contributed by atoms with van der Waals surface area (Å²) in [7, 11) is 0. The van der Waals surface area contributed by atoms with Crippen molar-refractivity contribution in [3.63, 3.8) is 0 Å². The second kappa shape index (κ2) is 8.35. The summed E-state index contributed by atoms with van der Waals surface area (Å²) < 4.78 is 5.68. The molecule has 0 radical (unpaired) electrons. The molecule has 2 aromatic rings. The average molecular weight is 283 g/mol. The normalized spacial score (nSPS) is 10.4. The van der Waals surface area contributed by atoms with Gasteiger partial charge in [0.1, 0.15) is 5.75 Å². The molecule has 0 atom stereocenters. The van der Waals surface area contributed by atoms with Crippen molar-refractivity contribution in [2.75, 3.05) is 11.9 Å². The number of nitrogens with one attached hydrogen (secondary N) is 1. The zero-order valence-corrected chi connectivity index (χ0v) is 13.1. The molecule has 2 heteroatoms. The van der Waals surface area contributed by atoms with Gasteiger partial charge in [0.15, 0.2) is 0 Å². The quantitative estimate of drug-likeness (QED) is 0.732. The molecule has 0 unspecified atom stereocenters. The fourth-order valence-electron chi connectivity index (χ4n) is 2.34. The van der Waals surface area contributed by atoms with E-state index in [9.17, 15) is 0 Å². The largest absolute Gasteiger partial charge is 0.494 e. The fraction of sp³-hybridized carbons (Fsp3) is 0.368. The predicted molar refractivity (Wildman–Crippen MR) is 90.0 cm³/mol. The molecule has 0 heterocycles. The Hall–Kier alpha value is -1.96. The molecule has 0 fully saturated rings. The SMILES string of the molecule is CCCOc1cccc(CNc2ccccc2CCC)c1. The summed E-state index contributed by atoms with van der Waals surface area (Å²) in [6.45, 7) is 5.93. The van der Waals surface area contributed by atoms with Gasteiger partial charge < -0.3 is 10.1 Å².